The van der Waals surface area contributed by atoms with Crippen LogP contribution in [0.25, 0.3) is 22.4 Å². The first kappa shape index (κ1) is 26.8. The van der Waals surface area contributed by atoms with E-state index in [0.717, 1.165) is 45.1 Å². The van der Waals surface area contributed by atoms with Gasteiger partial charge in [0.25, 0.3) is 0 Å². The van der Waals surface area contributed by atoms with Gasteiger partial charge in [-0.15, -0.1) is 11.3 Å². The molecule has 0 spiro atoms. The van der Waals surface area contributed by atoms with Crippen LogP contribution in [-0.4, -0.2) is 21.6 Å². The fourth-order valence-electron chi connectivity index (χ4n) is 4.68. The monoisotopic (exact) mass is 567 g/mol. The summed E-state index contributed by atoms with van der Waals surface area (Å²) in [7, 11) is 0. The molecule has 2 aromatic heterocycles. The number of halogens is 2. The maximum atomic E-state index is 10.9. The molecule has 1 aliphatic rings. The zero-order valence-electron chi connectivity index (χ0n) is 21.1. The van der Waals surface area contributed by atoms with E-state index in [1.165, 1.54) is 41.1 Å². The zero-order valence-corrected chi connectivity index (χ0v) is 24.2. The molecule has 2 nitrogen and oxygen atoms in total. The third kappa shape index (κ3) is 6.61. The molecule has 192 valence electrons. The summed E-state index contributed by atoms with van der Waals surface area (Å²) in [6.07, 6.45) is 7.93. The van der Waals surface area contributed by atoms with Gasteiger partial charge in [-0.2, -0.15) is 11.8 Å². The lowest BCUT2D eigenvalue weighted by molar-refractivity contribution is 0.0773. The van der Waals surface area contributed by atoms with Crippen LogP contribution >= 0.6 is 46.3 Å². The molecule has 0 saturated heterocycles. The van der Waals surface area contributed by atoms with E-state index < -0.39 is 5.60 Å². The van der Waals surface area contributed by atoms with E-state index >= 15 is 0 Å². The Hall–Kier alpha value is -1.82. The van der Waals surface area contributed by atoms with E-state index in [2.05, 4.69) is 60.3 Å². The number of nitrogens with zero attached hydrogens (tertiary/aromatic N) is 1. The van der Waals surface area contributed by atoms with Gasteiger partial charge in [0.15, 0.2) is 0 Å². The quantitative estimate of drug-likeness (QED) is 0.193. The van der Waals surface area contributed by atoms with Crippen LogP contribution in [0.1, 0.15) is 67.0 Å². The van der Waals surface area contributed by atoms with Gasteiger partial charge in [0.2, 0.25) is 0 Å². The Bertz CT molecular complexity index is 1420. The Morgan fingerprint density at radius 2 is 1.89 bits per heavy atom. The maximum absolute atomic E-state index is 10.9. The normalized spacial score (nSPS) is 15.1. The molecule has 1 atom stereocenters. The number of hydrogen-bond donors (Lipinski definition) is 1. The Labute approximate surface area is 237 Å². The van der Waals surface area contributed by atoms with Gasteiger partial charge in [-0.05, 0) is 91.0 Å². The lowest BCUT2D eigenvalue weighted by atomic mass is 9.81. The van der Waals surface area contributed by atoms with Crippen molar-refractivity contribution in [1.29, 1.82) is 0 Å². The highest BCUT2D eigenvalue weighted by molar-refractivity contribution is 7.99. The van der Waals surface area contributed by atoms with Crippen molar-refractivity contribution < 1.29 is 5.11 Å². The molecule has 6 heteroatoms. The van der Waals surface area contributed by atoms with Crippen molar-refractivity contribution in [2.75, 3.05) is 11.5 Å². The molecule has 4 aromatic rings. The van der Waals surface area contributed by atoms with Crippen LogP contribution in [0.2, 0.25) is 9.36 Å². The first-order chi connectivity index (χ1) is 17.8. The number of rotatable bonds is 10. The van der Waals surface area contributed by atoms with Crippen LogP contribution in [0, 0.1) is 5.92 Å². The molecule has 1 aliphatic carbocycles. The van der Waals surface area contributed by atoms with Crippen LogP contribution in [0.5, 0.6) is 0 Å². The Kier molecular flexibility index (Phi) is 8.33. The van der Waals surface area contributed by atoms with Crippen molar-refractivity contribution >= 4 is 68.7 Å². The highest BCUT2D eigenvalue weighted by atomic mass is 35.5. The summed E-state index contributed by atoms with van der Waals surface area (Å²) in [5, 5.41) is 11.5. The molecule has 0 bridgehead atoms. The van der Waals surface area contributed by atoms with Crippen LogP contribution < -0.4 is 0 Å². The summed E-state index contributed by atoms with van der Waals surface area (Å²) >= 11 is 16.0. The van der Waals surface area contributed by atoms with Crippen molar-refractivity contribution in [1.82, 2.24) is 4.98 Å². The molecule has 37 heavy (non-hydrogen) atoms. The average Bonchev–Trinajstić information content (AvgIpc) is 3.67. The van der Waals surface area contributed by atoms with Gasteiger partial charge in [0.1, 0.15) is 9.85 Å². The zero-order chi connectivity index (χ0) is 26.0. The number of thiophene rings is 1. The highest BCUT2D eigenvalue weighted by Gasteiger charge is 2.26. The summed E-state index contributed by atoms with van der Waals surface area (Å²) in [6.45, 7) is 3.75. The number of pyridine rings is 1. The smallest absolute Gasteiger partial charge is 0.114 e. The first-order valence-corrected chi connectivity index (χ1v) is 15.4. The number of aromatic nitrogens is 1. The van der Waals surface area contributed by atoms with Gasteiger partial charge in [-0.25, -0.2) is 4.98 Å². The lowest BCUT2D eigenvalue weighted by Crippen LogP contribution is -2.20. The molecular formula is C31H31Cl2NOS2. The van der Waals surface area contributed by atoms with Gasteiger partial charge >= 0.3 is 0 Å². The Balaban J connectivity index is 1.43. The number of aliphatic hydroxyl groups is 1. The molecule has 0 amide bonds. The van der Waals surface area contributed by atoms with Crippen molar-refractivity contribution in [2.24, 2.45) is 5.92 Å². The van der Waals surface area contributed by atoms with Crippen LogP contribution in [0.15, 0.2) is 60.7 Å². The predicted molar refractivity (Wildman–Crippen MR) is 163 cm³/mol. The Morgan fingerprint density at radius 1 is 1.08 bits per heavy atom. The predicted octanol–water partition coefficient (Wildman–Crippen LogP) is 9.67. The van der Waals surface area contributed by atoms with Crippen molar-refractivity contribution in [3.05, 3.63) is 98.0 Å². The van der Waals surface area contributed by atoms with Crippen molar-refractivity contribution in [3.63, 3.8) is 0 Å². The molecule has 2 aromatic carbocycles. The highest BCUT2D eigenvalue weighted by Crippen LogP contribution is 2.39. The maximum Gasteiger partial charge on any atom is 0.114 e. The molecule has 1 saturated carbocycles. The van der Waals surface area contributed by atoms with Gasteiger partial charge in [0.05, 0.1) is 21.0 Å². The van der Waals surface area contributed by atoms with Gasteiger partial charge in [0, 0.05) is 5.92 Å². The van der Waals surface area contributed by atoms with E-state index in [9.17, 15) is 5.11 Å². The molecule has 1 N–H and O–H groups in total. The van der Waals surface area contributed by atoms with Crippen LogP contribution in [-0.2, 0) is 5.60 Å². The molecule has 2 heterocycles. The van der Waals surface area contributed by atoms with E-state index in [1.54, 1.807) is 0 Å². The minimum absolute atomic E-state index is 0.212. The topological polar surface area (TPSA) is 33.1 Å². The minimum atomic E-state index is -0.899. The molecule has 0 aliphatic heterocycles. The second kappa shape index (κ2) is 11.5. The molecule has 0 unspecified atom stereocenters. The van der Waals surface area contributed by atoms with E-state index in [4.69, 9.17) is 28.2 Å². The standard InChI is InChI=1S/C31H31Cl2NOS2/c1-31(2,35)26-9-4-3-8-25(26)24(16-17-36-19-21-10-11-21)22-7-5-6-20(18-22)12-13-23-14-15-27-29(34-23)28(32)30(33)37-27/h3-9,12-15,18,21,24,35H,10-11,16-17,19H2,1-2H3/t24-/m1/s1. The lowest BCUT2D eigenvalue weighted by Gasteiger charge is -2.27. The summed E-state index contributed by atoms with van der Waals surface area (Å²) in [5.41, 5.74) is 5.28. The molecular weight excluding hydrogens is 537 g/mol. The number of benzene rings is 2. The summed E-state index contributed by atoms with van der Waals surface area (Å²) in [4.78, 5) is 4.70. The second-order valence-corrected chi connectivity index (χ2v) is 13.5. The fourth-order valence-corrected chi connectivity index (χ4v) is 7.34. The SMILES string of the molecule is CC(C)(O)c1ccccc1[C@H](CCSCC1CC1)c1cccc(C=Cc2ccc3sc(Cl)c(Cl)c3n2)c1. The van der Waals surface area contributed by atoms with Gasteiger partial charge in [-0.3, -0.25) is 0 Å². The number of hydrogen-bond acceptors (Lipinski definition) is 4. The molecule has 0 radical (unpaired) electrons. The van der Waals surface area contributed by atoms with Crippen LogP contribution in [0.4, 0.5) is 0 Å². The Morgan fingerprint density at radius 3 is 2.68 bits per heavy atom. The van der Waals surface area contributed by atoms with Crippen molar-refractivity contribution in [3.8, 4) is 0 Å². The number of fused-ring (bicyclic) bond motifs is 1. The van der Waals surface area contributed by atoms with E-state index in [0.29, 0.717) is 9.36 Å². The summed E-state index contributed by atoms with van der Waals surface area (Å²) in [5.74, 6) is 3.51. The van der Waals surface area contributed by atoms with Gasteiger partial charge < -0.3 is 5.11 Å². The van der Waals surface area contributed by atoms with E-state index in [-0.39, 0.29) is 5.92 Å². The summed E-state index contributed by atoms with van der Waals surface area (Å²) in [6, 6.07) is 21.1. The van der Waals surface area contributed by atoms with E-state index in [1.807, 2.05) is 38.1 Å². The minimum Gasteiger partial charge on any atom is -0.386 e. The molecule has 5 rings (SSSR count). The fraction of sp³-hybridized carbons (Fsp3) is 0.323. The van der Waals surface area contributed by atoms with Crippen molar-refractivity contribution in [2.45, 2.75) is 44.6 Å². The first-order valence-electron chi connectivity index (χ1n) is 12.7. The third-order valence-corrected chi connectivity index (χ3v) is 9.98. The largest absolute Gasteiger partial charge is 0.386 e. The average molecular weight is 569 g/mol. The molecule has 1 fully saturated rings. The number of thioether (sulfide) groups is 1. The van der Waals surface area contributed by atoms with Crippen LogP contribution in [0.3, 0.4) is 0 Å². The van der Waals surface area contributed by atoms with Gasteiger partial charge in [-0.1, -0.05) is 77.8 Å². The third-order valence-electron chi connectivity index (χ3n) is 6.82. The summed E-state index contributed by atoms with van der Waals surface area (Å²) < 4.78 is 1.56. The second-order valence-electron chi connectivity index (χ2n) is 10.3.